The number of benzene rings is 1. The summed E-state index contributed by atoms with van der Waals surface area (Å²) in [5.41, 5.74) is 5.37. The maximum atomic E-state index is 13.7. The zero-order chi connectivity index (χ0) is 27.3. The second-order valence-corrected chi connectivity index (χ2v) is 7.43. The van der Waals surface area contributed by atoms with Gasteiger partial charge in [0.1, 0.15) is 17.5 Å². The first kappa shape index (κ1) is 28.5. The van der Waals surface area contributed by atoms with E-state index >= 15 is 0 Å². The third kappa shape index (κ3) is 7.66. The number of carbonyl (C=O) groups excluding carboxylic acids is 1. The molecule has 0 saturated heterocycles. The van der Waals surface area contributed by atoms with Gasteiger partial charge in [-0.25, -0.2) is 10.3 Å². The second kappa shape index (κ2) is 11.4. The fourth-order valence-corrected chi connectivity index (χ4v) is 3.27. The maximum Gasteiger partial charge on any atom is 0.573 e. The Kier molecular flexibility index (Phi) is 9.01. The predicted molar refractivity (Wildman–Crippen MR) is 111 cm³/mol. The van der Waals surface area contributed by atoms with Crippen molar-refractivity contribution in [2.75, 3.05) is 6.54 Å². The van der Waals surface area contributed by atoms with Crippen molar-refractivity contribution < 1.29 is 55.7 Å². The van der Waals surface area contributed by atoms with E-state index in [-0.39, 0.29) is 48.6 Å². The van der Waals surface area contributed by atoms with Crippen molar-refractivity contribution in [1.29, 1.82) is 0 Å². The summed E-state index contributed by atoms with van der Waals surface area (Å²) in [5, 5.41) is 19.8. The lowest BCUT2D eigenvalue weighted by atomic mass is 9.96. The predicted octanol–water partition coefficient (Wildman–Crippen LogP) is 2.50. The van der Waals surface area contributed by atoms with Gasteiger partial charge in [-0.05, 0) is 43.0 Å². The molecule has 1 aliphatic rings. The summed E-state index contributed by atoms with van der Waals surface area (Å²) >= 11 is 0. The van der Waals surface area contributed by atoms with Crippen LogP contribution in [-0.4, -0.2) is 59.4 Å². The summed E-state index contributed by atoms with van der Waals surface area (Å²) in [6.45, 7) is 1.39. The fourth-order valence-electron chi connectivity index (χ4n) is 3.27. The molecule has 1 aromatic rings. The molecule has 36 heavy (non-hydrogen) atoms. The van der Waals surface area contributed by atoms with Gasteiger partial charge in [0.25, 0.3) is 5.91 Å². The molecular formula is C20H22F6N4O6. The molecule has 0 saturated carbocycles. The van der Waals surface area contributed by atoms with Crippen LogP contribution in [0.4, 0.5) is 26.3 Å². The Hall–Kier alpha value is -3.69. The second-order valence-electron chi connectivity index (χ2n) is 7.43. The van der Waals surface area contributed by atoms with E-state index in [0.29, 0.717) is 6.08 Å². The number of hydroxylamine groups is 1. The maximum absolute atomic E-state index is 13.7. The highest BCUT2D eigenvalue weighted by Gasteiger charge is 2.49. The topological polar surface area (TPSA) is 156 Å². The van der Waals surface area contributed by atoms with E-state index in [4.69, 9.17) is 15.7 Å². The van der Waals surface area contributed by atoms with Crippen LogP contribution in [0.5, 0.6) is 11.5 Å². The number of amides is 1. The molecule has 2 atom stereocenters. The van der Waals surface area contributed by atoms with Crippen LogP contribution in [0.2, 0.25) is 0 Å². The largest absolute Gasteiger partial charge is 0.573 e. The minimum Gasteiger partial charge on any atom is -0.480 e. The molecule has 0 aromatic heterocycles. The highest BCUT2D eigenvalue weighted by molar-refractivity contribution is 6.02. The number of hydrogen-bond acceptors (Lipinski definition) is 6. The number of nitrogens with one attached hydrogen (secondary N) is 2. The van der Waals surface area contributed by atoms with Gasteiger partial charge in [0, 0.05) is 12.1 Å². The molecule has 1 unspecified atom stereocenters. The number of nitrogens with two attached hydrogens (primary N) is 1. The number of carbonyl (C=O) groups is 2. The third-order valence-corrected chi connectivity index (χ3v) is 4.82. The van der Waals surface area contributed by atoms with Crippen molar-refractivity contribution in [3.05, 3.63) is 28.8 Å². The first-order chi connectivity index (χ1) is 16.7. The van der Waals surface area contributed by atoms with Crippen molar-refractivity contribution in [2.24, 2.45) is 10.7 Å². The van der Waals surface area contributed by atoms with Gasteiger partial charge in [-0.1, -0.05) is 6.92 Å². The lowest BCUT2D eigenvalue weighted by molar-refractivity contribution is -0.274. The fraction of sp³-hybridized carbons (Fsp3) is 0.450. The van der Waals surface area contributed by atoms with E-state index in [1.54, 1.807) is 5.48 Å². The molecule has 2 rings (SSSR count). The number of rotatable bonds is 9. The van der Waals surface area contributed by atoms with Gasteiger partial charge in [0.05, 0.1) is 5.57 Å². The molecule has 1 heterocycles. The highest BCUT2D eigenvalue weighted by Crippen LogP contribution is 2.42. The molecule has 1 aliphatic heterocycles. The third-order valence-electron chi connectivity index (χ3n) is 4.82. The van der Waals surface area contributed by atoms with Crippen molar-refractivity contribution >= 4 is 23.9 Å². The minimum atomic E-state index is -5.12. The molecule has 1 amide bonds. The zero-order valence-corrected chi connectivity index (χ0v) is 18.5. The van der Waals surface area contributed by atoms with Gasteiger partial charge in [-0.15, -0.1) is 13.2 Å². The number of aliphatic imine (C=N–C) groups is 1. The number of halogens is 6. The van der Waals surface area contributed by atoms with Crippen LogP contribution in [0.3, 0.4) is 0 Å². The molecule has 1 aromatic carbocycles. The summed E-state index contributed by atoms with van der Waals surface area (Å²) in [7, 11) is 0. The number of hydrogen-bond donors (Lipinski definition) is 5. The van der Waals surface area contributed by atoms with Crippen LogP contribution in [0.15, 0.2) is 22.7 Å². The normalized spacial score (nSPS) is 16.8. The number of alkyl halides is 6. The Morgan fingerprint density at radius 3 is 2.44 bits per heavy atom. The van der Waals surface area contributed by atoms with Crippen LogP contribution in [0.1, 0.15) is 30.9 Å². The first-order valence-corrected chi connectivity index (χ1v) is 10.3. The number of aliphatic carboxylic acids is 1. The van der Waals surface area contributed by atoms with Gasteiger partial charge in [-0.2, -0.15) is 13.2 Å². The molecule has 10 nitrogen and oxygen atoms in total. The van der Waals surface area contributed by atoms with Crippen LogP contribution < -0.4 is 26.0 Å². The van der Waals surface area contributed by atoms with E-state index in [1.165, 1.54) is 6.92 Å². The lowest BCUT2D eigenvalue weighted by Crippen LogP contribution is -2.48. The number of carboxylic acid groups (broad SMARTS) is 1. The number of carboxylic acids is 1. The average Bonchev–Trinajstić information content (AvgIpc) is 2.77. The van der Waals surface area contributed by atoms with E-state index in [2.05, 4.69) is 9.73 Å². The van der Waals surface area contributed by atoms with Crippen LogP contribution in [0.25, 0.3) is 6.08 Å². The summed E-state index contributed by atoms with van der Waals surface area (Å²) in [5.74, 6) is -4.48. The van der Waals surface area contributed by atoms with Gasteiger partial charge >= 0.3 is 18.5 Å². The number of guanidine groups is 1. The van der Waals surface area contributed by atoms with E-state index in [0.717, 1.165) is 12.1 Å². The first-order valence-electron chi connectivity index (χ1n) is 10.3. The monoisotopic (exact) mass is 528 g/mol. The van der Waals surface area contributed by atoms with Gasteiger partial charge < -0.3 is 25.6 Å². The van der Waals surface area contributed by atoms with E-state index in [1.807, 2.05) is 5.32 Å². The van der Waals surface area contributed by atoms with E-state index < -0.39 is 47.9 Å². The lowest BCUT2D eigenvalue weighted by Gasteiger charge is -2.30. The molecular weight excluding hydrogens is 506 g/mol. The molecule has 0 aliphatic carbocycles. The van der Waals surface area contributed by atoms with Crippen molar-refractivity contribution in [2.45, 2.75) is 50.9 Å². The standard InChI is InChI=1S/C20H22F6N4O6/c1-2-9-6-11(36-20(24,25)26)7-10-8-12(15(19(21,22)23)35-14(9)10)16(31)29-13(17(32)33)4-3-5-28-18(27)30-34/h6-8,13,15,34H,2-5H2,1H3,(H,29,31)(H,32,33)(H3,27,28,30)/t13?,15-/m0/s1. The number of fused-ring (bicyclic) bond motifs is 1. The Morgan fingerprint density at radius 2 is 1.92 bits per heavy atom. The van der Waals surface area contributed by atoms with Crippen LogP contribution in [0, 0.1) is 0 Å². The summed E-state index contributed by atoms with van der Waals surface area (Å²) in [6, 6.07) is -0.00673. The average molecular weight is 528 g/mol. The molecule has 0 radical (unpaired) electrons. The number of aryl methyl sites for hydroxylation is 1. The quantitative estimate of drug-likeness (QED) is 0.108. The summed E-state index contributed by atoms with van der Waals surface area (Å²) < 4.78 is 88.1. The summed E-state index contributed by atoms with van der Waals surface area (Å²) in [4.78, 5) is 27.8. The Morgan fingerprint density at radius 1 is 1.25 bits per heavy atom. The Balaban J connectivity index is 2.39. The Bertz CT molecular complexity index is 1040. The Labute approximate surface area is 199 Å². The van der Waals surface area contributed by atoms with Gasteiger partial charge in [-0.3, -0.25) is 15.0 Å². The van der Waals surface area contributed by atoms with Gasteiger partial charge in [0.15, 0.2) is 0 Å². The van der Waals surface area contributed by atoms with Crippen molar-refractivity contribution in [3.63, 3.8) is 0 Å². The molecule has 200 valence electrons. The summed E-state index contributed by atoms with van der Waals surface area (Å²) in [6.07, 6.45) is -12.6. The molecule has 16 heteroatoms. The van der Waals surface area contributed by atoms with Crippen molar-refractivity contribution in [3.8, 4) is 11.5 Å². The number of nitrogens with zero attached hydrogens (tertiary/aromatic N) is 1. The van der Waals surface area contributed by atoms with Crippen LogP contribution in [-0.2, 0) is 16.0 Å². The minimum absolute atomic E-state index is 0.0126. The number of ether oxygens (including phenoxy) is 2. The van der Waals surface area contributed by atoms with Crippen LogP contribution >= 0.6 is 0 Å². The zero-order valence-electron chi connectivity index (χ0n) is 18.5. The van der Waals surface area contributed by atoms with Crippen molar-refractivity contribution in [1.82, 2.24) is 10.8 Å². The molecule has 0 bridgehead atoms. The highest BCUT2D eigenvalue weighted by atomic mass is 19.4. The van der Waals surface area contributed by atoms with E-state index in [9.17, 15) is 41.0 Å². The van der Waals surface area contributed by atoms with Gasteiger partial charge in [0.2, 0.25) is 12.1 Å². The SMILES string of the molecule is CCc1cc(OC(F)(F)F)cc2c1O[C@H](C(F)(F)F)C(C(=O)NC(CCCN=C(N)NO)C(=O)O)=C2. The molecule has 0 spiro atoms. The smallest absolute Gasteiger partial charge is 0.480 e. The molecule has 0 fully saturated rings. The molecule has 6 N–H and O–H groups in total.